The number of amides is 1. The number of nitrogens with zero attached hydrogens (tertiary/aromatic N) is 1. The first-order chi connectivity index (χ1) is 9.47. The van der Waals surface area contributed by atoms with Gasteiger partial charge in [0, 0.05) is 25.9 Å². The van der Waals surface area contributed by atoms with Gasteiger partial charge in [-0.25, -0.2) is 0 Å². The largest absolute Gasteiger partial charge is 0.508 e. The number of benzene rings is 1. The highest BCUT2D eigenvalue weighted by molar-refractivity contribution is 7.80. The Morgan fingerprint density at radius 3 is 2.40 bits per heavy atom. The fraction of sp³-hybridized carbons (Fsp3) is 0.429. The lowest BCUT2D eigenvalue weighted by molar-refractivity contribution is -0.128. The molecule has 1 aliphatic rings. The Kier molecular flexibility index (Phi) is 4.25. The first-order valence-corrected chi connectivity index (χ1v) is 6.83. The topological polar surface area (TPSA) is 75.8 Å². The molecule has 0 radical (unpaired) electrons. The van der Waals surface area contributed by atoms with E-state index in [1.165, 1.54) is 17.0 Å². The van der Waals surface area contributed by atoms with Crippen molar-refractivity contribution in [3.05, 3.63) is 24.3 Å². The van der Waals surface area contributed by atoms with Gasteiger partial charge in [-0.05, 0) is 37.1 Å². The number of ether oxygens (including phenoxy) is 1. The van der Waals surface area contributed by atoms with Crippen molar-refractivity contribution in [2.45, 2.75) is 12.8 Å². The molecule has 108 valence electrons. The Morgan fingerprint density at radius 2 is 1.90 bits per heavy atom. The van der Waals surface area contributed by atoms with Gasteiger partial charge in [-0.1, -0.05) is 12.2 Å². The molecule has 1 aliphatic heterocycles. The SMILES string of the molecule is CN(C(=O)C1(C(N)=S)CCOCC1)c1ccc(O)cc1. The van der Waals surface area contributed by atoms with Crippen molar-refractivity contribution >= 4 is 28.8 Å². The van der Waals surface area contributed by atoms with Crippen LogP contribution in [0.3, 0.4) is 0 Å². The standard InChI is InChI=1S/C14H18N2O3S/c1-16(10-2-4-11(17)5-3-10)13(18)14(12(15)20)6-8-19-9-7-14/h2-5,17H,6-9H2,1H3,(H2,15,20). The van der Waals surface area contributed by atoms with Crippen LogP contribution in [0.15, 0.2) is 24.3 Å². The highest BCUT2D eigenvalue weighted by atomic mass is 32.1. The van der Waals surface area contributed by atoms with Crippen molar-refractivity contribution in [3.63, 3.8) is 0 Å². The predicted molar refractivity (Wildman–Crippen MR) is 80.8 cm³/mol. The molecule has 20 heavy (non-hydrogen) atoms. The summed E-state index contributed by atoms with van der Waals surface area (Å²) in [6.07, 6.45) is 1.01. The summed E-state index contributed by atoms with van der Waals surface area (Å²) in [5.41, 5.74) is 5.69. The molecule has 2 rings (SSSR count). The van der Waals surface area contributed by atoms with Crippen molar-refractivity contribution in [3.8, 4) is 5.75 Å². The third-order valence-electron chi connectivity index (χ3n) is 3.77. The maximum Gasteiger partial charge on any atom is 0.239 e. The molecule has 1 aromatic rings. The minimum absolute atomic E-state index is 0.126. The molecule has 1 amide bonds. The Morgan fingerprint density at radius 1 is 1.35 bits per heavy atom. The Labute approximate surface area is 123 Å². The van der Waals surface area contributed by atoms with Crippen LogP contribution in [-0.2, 0) is 9.53 Å². The summed E-state index contributed by atoms with van der Waals surface area (Å²) in [6, 6.07) is 6.44. The number of hydrogen-bond acceptors (Lipinski definition) is 4. The van der Waals surface area contributed by atoms with Crippen LogP contribution in [0.25, 0.3) is 0 Å². The smallest absolute Gasteiger partial charge is 0.239 e. The molecule has 1 heterocycles. The molecule has 5 nitrogen and oxygen atoms in total. The van der Waals surface area contributed by atoms with E-state index in [2.05, 4.69) is 0 Å². The maximum atomic E-state index is 12.8. The van der Waals surface area contributed by atoms with Crippen LogP contribution < -0.4 is 10.6 Å². The molecule has 1 saturated heterocycles. The lowest BCUT2D eigenvalue weighted by Gasteiger charge is -2.37. The van der Waals surface area contributed by atoms with Gasteiger partial charge in [0.15, 0.2) is 0 Å². The van der Waals surface area contributed by atoms with Crippen LogP contribution in [-0.4, -0.2) is 36.3 Å². The number of nitrogens with two attached hydrogens (primary N) is 1. The number of rotatable bonds is 3. The molecule has 0 spiro atoms. The fourth-order valence-electron chi connectivity index (χ4n) is 2.40. The van der Waals surface area contributed by atoms with Crippen LogP contribution in [0.4, 0.5) is 5.69 Å². The van der Waals surface area contributed by atoms with Gasteiger partial charge in [-0.15, -0.1) is 0 Å². The second kappa shape index (κ2) is 5.76. The predicted octanol–water partition coefficient (Wildman–Crippen LogP) is 1.44. The van der Waals surface area contributed by atoms with E-state index < -0.39 is 5.41 Å². The summed E-state index contributed by atoms with van der Waals surface area (Å²) in [6.45, 7) is 0.957. The van der Waals surface area contributed by atoms with E-state index in [9.17, 15) is 9.90 Å². The van der Waals surface area contributed by atoms with Gasteiger partial charge in [0.1, 0.15) is 11.2 Å². The van der Waals surface area contributed by atoms with E-state index in [4.69, 9.17) is 22.7 Å². The van der Waals surface area contributed by atoms with Crippen LogP contribution in [0.2, 0.25) is 0 Å². The molecule has 0 saturated carbocycles. The second-order valence-electron chi connectivity index (χ2n) is 4.94. The molecule has 0 aliphatic carbocycles. The number of phenols is 1. The van der Waals surface area contributed by atoms with Crippen molar-refractivity contribution in [2.24, 2.45) is 11.1 Å². The van der Waals surface area contributed by atoms with E-state index >= 15 is 0 Å². The highest BCUT2D eigenvalue weighted by Gasteiger charge is 2.44. The Bertz CT molecular complexity index is 510. The van der Waals surface area contributed by atoms with Gasteiger partial charge in [0.05, 0.1) is 4.99 Å². The summed E-state index contributed by atoms with van der Waals surface area (Å²) in [7, 11) is 1.68. The van der Waals surface area contributed by atoms with Crippen LogP contribution in [0.5, 0.6) is 5.75 Å². The van der Waals surface area contributed by atoms with Crippen molar-refractivity contribution < 1.29 is 14.6 Å². The maximum absolute atomic E-state index is 12.8. The average molecular weight is 294 g/mol. The monoisotopic (exact) mass is 294 g/mol. The molecular formula is C14H18N2O3S. The zero-order valence-electron chi connectivity index (χ0n) is 11.3. The molecule has 3 N–H and O–H groups in total. The normalized spacial score (nSPS) is 17.4. The number of anilines is 1. The van der Waals surface area contributed by atoms with E-state index in [1.807, 2.05) is 0 Å². The van der Waals surface area contributed by atoms with Crippen molar-refractivity contribution in [1.82, 2.24) is 0 Å². The highest BCUT2D eigenvalue weighted by Crippen LogP contribution is 2.34. The number of carbonyl (C=O) groups is 1. The van der Waals surface area contributed by atoms with Gasteiger partial charge >= 0.3 is 0 Å². The molecule has 0 unspecified atom stereocenters. The van der Waals surface area contributed by atoms with Gasteiger partial charge in [0.2, 0.25) is 5.91 Å². The average Bonchev–Trinajstić information content (AvgIpc) is 2.47. The summed E-state index contributed by atoms with van der Waals surface area (Å²) in [4.78, 5) is 14.5. The number of thiocarbonyl (C=S) groups is 1. The van der Waals surface area contributed by atoms with Crippen LogP contribution in [0.1, 0.15) is 12.8 Å². The molecular weight excluding hydrogens is 276 g/mol. The summed E-state index contributed by atoms with van der Waals surface area (Å²) in [5.74, 6) is 0.0312. The third kappa shape index (κ3) is 2.62. The summed E-state index contributed by atoms with van der Waals surface area (Å²) < 4.78 is 5.31. The van der Waals surface area contributed by atoms with Crippen molar-refractivity contribution in [1.29, 1.82) is 0 Å². The third-order valence-corrected chi connectivity index (χ3v) is 4.16. The quantitative estimate of drug-likeness (QED) is 0.825. The molecule has 1 aromatic carbocycles. The van der Waals surface area contributed by atoms with Gasteiger partial charge in [0.25, 0.3) is 0 Å². The molecule has 0 bridgehead atoms. The summed E-state index contributed by atoms with van der Waals surface area (Å²) in [5, 5.41) is 9.30. The van der Waals surface area contributed by atoms with Crippen LogP contribution in [0, 0.1) is 5.41 Å². The molecule has 6 heteroatoms. The zero-order chi connectivity index (χ0) is 14.8. The number of aromatic hydroxyl groups is 1. The summed E-state index contributed by atoms with van der Waals surface area (Å²) >= 11 is 5.13. The van der Waals surface area contributed by atoms with Gasteiger partial charge in [-0.2, -0.15) is 0 Å². The van der Waals surface area contributed by atoms with Gasteiger partial charge < -0.3 is 20.5 Å². The van der Waals surface area contributed by atoms with Crippen LogP contribution >= 0.6 is 12.2 Å². The molecule has 0 atom stereocenters. The van der Waals surface area contributed by atoms with E-state index in [1.54, 1.807) is 19.2 Å². The minimum atomic E-state index is -0.833. The Hall–Kier alpha value is -1.66. The molecule has 0 aromatic heterocycles. The fourth-order valence-corrected chi connectivity index (χ4v) is 2.69. The van der Waals surface area contributed by atoms with Gasteiger partial charge in [-0.3, -0.25) is 4.79 Å². The number of carbonyl (C=O) groups excluding carboxylic acids is 1. The zero-order valence-corrected chi connectivity index (χ0v) is 12.2. The van der Waals surface area contributed by atoms with Crippen molar-refractivity contribution in [2.75, 3.05) is 25.2 Å². The lowest BCUT2D eigenvalue weighted by Crippen LogP contribution is -2.52. The molecule has 1 fully saturated rings. The second-order valence-corrected chi connectivity index (χ2v) is 5.38. The first-order valence-electron chi connectivity index (χ1n) is 6.42. The first kappa shape index (κ1) is 14.7. The number of phenolic OH excluding ortho intramolecular Hbond substituents is 1. The van der Waals surface area contributed by atoms with E-state index in [-0.39, 0.29) is 16.6 Å². The Balaban J connectivity index is 2.27. The minimum Gasteiger partial charge on any atom is -0.508 e. The van der Waals surface area contributed by atoms with E-state index in [0.29, 0.717) is 31.7 Å². The number of hydrogen-bond donors (Lipinski definition) is 2. The lowest BCUT2D eigenvalue weighted by atomic mass is 9.78. The van der Waals surface area contributed by atoms with E-state index in [0.717, 1.165) is 0 Å².